The molecule has 0 radical (unpaired) electrons. The Kier molecular flexibility index (Phi) is 8.84. The molecule has 0 unspecified atom stereocenters. The Bertz CT molecular complexity index is 1380. The lowest BCUT2D eigenvalue weighted by atomic mass is 10.2. The highest BCUT2D eigenvalue weighted by Crippen LogP contribution is 2.35. The zero-order valence-electron chi connectivity index (χ0n) is 19.7. The number of esters is 1. The van der Waals surface area contributed by atoms with E-state index in [0.717, 1.165) is 9.87 Å². The lowest BCUT2D eigenvalue weighted by Crippen LogP contribution is -2.38. The number of hydrogen-bond acceptors (Lipinski definition) is 6. The SMILES string of the molecule is CCOC(=O)c1cc(NC(=O)CN(c2cc(Cl)ccc2OC)S(=O)(=O)c2ccc(C)cc2)ccc1Cl. The zero-order chi connectivity index (χ0) is 26.5. The molecular formula is C25H24Cl2N2O6S. The maximum atomic E-state index is 13.6. The normalized spacial score (nSPS) is 11.0. The van der Waals surface area contributed by atoms with Crippen molar-refractivity contribution in [2.24, 2.45) is 0 Å². The maximum Gasteiger partial charge on any atom is 0.339 e. The number of hydrogen-bond donors (Lipinski definition) is 1. The van der Waals surface area contributed by atoms with Gasteiger partial charge in [-0.1, -0.05) is 40.9 Å². The molecule has 3 aromatic carbocycles. The van der Waals surface area contributed by atoms with Gasteiger partial charge in [-0.05, 0) is 62.4 Å². The van der Waals surface area contributed by atoms with Crippen molar-refractivity contribution in [2.75, 3.05) is 29.9 Å². The Hall–Kier alpha value is -3.27. The van der Waals surface area contributed by atoms with Gasteiger partial charge in [0.05, 0.1) is 34.9 Å². The molecule has 0 aliphatic heterocycles. The summed E-state index contributed by atoms with van der Waals surface area (Å²) in [6.45, 7) is 3.03. The predicted octanol–water partition coefficient (Wildman–Crippen LogP) is 5.32. The van der Waals surface area contributed by atoms with E-state index in [1.807, 2.05) is 6.92 Å². The molecule has 1 amide bonds. The van der Waals surface area contributed by atoms with Crippen molar-refractivity contribution in [3.05, 3.63) is 81.8 Å². The number of nitrogens with one attached hydrogen (secondary N) is 1. The van der Waals surface area contributed by atoms with Gasteiger partial charge >= 0.3 is 5.97 Å². The van der Waals surface area contributed by atoms with Crippen LogP contribution in [0.3, 0.4) is 0 Å². The molecule has 0 atom stereocenters. The highest BCUT2D eigenvalue weighted by Gasteiger charge is 2.30. The summed E-state index contributed by atoms with van der Waals surface area (Å²) in [5, 5.41) is 3.01. The topological polar surface area (TPSA) is 102 Å². The summed E-state index contributed by atoms with van der Waals surface area (Å²) in [6, 6.07) is 15.0. The summed E-state index contributed by atoms with van der Waals surface area (Å²) in [6.07, 6.45) is 0. The predicted molar refractivity (Wildman–Crippen MR) is 140 cm³/mol. The molecular weight excluding hydrogens is 527 g/mol. The number of amides is 1. The van der Waals surface area contributed by atoms with Crippen LogP contribution in [-0.4, -0.2) is 40.6 Å². The van der Waals surface area contributed by atoms with E-state index in [1.165, 1.54) is 49.6 Å². The number of nitrogens with zero attached hydrogens (tertiary/aromatic N) is 1. The molecule has 0 saturated carbocycles. The van der Waals surface area contributed by atoms with Gasteiger partial charge in [-0.15, -0.1) is 0 Å². The summed E-state index contributed by atoms with van der Waals surface area (Å²) in [4.78, 5) is 25.2. The molecule has 1 N–H and O–H groups in total. The highest BCUT2D eigenvalue weighted by molar-refractivity contribution is 7.92. The van der Waals surface area contributed by atoms with Crippen LogP contribution in [-0.2, 0) is 19.6 Å². The van der Waals surface area contributed by atoms with E-state index in [1.54, 1.807) is 25.1 Å². The molecule has 8 nitrogen and oxygen atoms in total. The van der Waals surface area contributed by atoms with Crippen molar-refractivity contribution < 1.29 is 27.5 Å². The third kappa shape index (κ3) is 6.29. The third-order valence-corrected chi connectivity index (χ3v) is 7.39. The van der Waals surface area contributed by atoms with Crippen molar-refractivity contribution in [1.82, 2.24) is 0 Å². The van der Waals surface area contributed by atoms with E-state index in [0.29, 0.717) is 0 Å². The van der Waals surface area contributed by atoms with Gasteiger partial charge in [0, 0.05) is 10.7 Å². The summed E-state index contributed by atoms with van der Waals surface area (Å²) in [5.74, 6) is -1.12. The van der Waals surface area contributed by atoms with Gasteiger partial charge in [-0.3, -0.25) is 9.10 Å². The van der Waals surface area contributed by atoms with E-state index in [-0.39, 0.29) is 44.2 Å². The van der Waals surface area contributed by atoms with Crippen molar-refractivity contribution in [2.45, 2.75) is 18.7 Å². The maximum absolute atomic E-state index is 13.6. The Morgan fingerprint density at radius 3 is 2.33 bits per heavy atom. The van der Waals surface area contributed by atoms with Crippen LogP contribution in [0.1, 0.15) is 22.8 Å². The van der Waals surface area contributed by atoms with E-state index in [2.05, 4.69) is 5.32 Å². The van der Waals surface area contributed by atoms with Crippen molar-refractivity contribution in [3.8, 4) is 5.75 Å². The largest absolute Gasteiger partial charge is 0.495 e. The molecule has 0 aliphatic rings. The third-order valence-electron chi connectivity index (χ3n) is 5.05. The fourth-order valence-electron chi connectivity index (χ4n) is 3.29. The van der Waals surface area contributed by atoms with Crippen molar-refractivity contribution in [3.63, 3.8) is 0 Å². The van der Waals surface area contributed by atoms with E-state index in [4.69, 9.17) is 32.7 Å². The lowest BCUT2D eigenvalue weighted by Gasteiger charge is -2.26. The Morgan fingerprint density at radius 1 is 1.00 bits per heavy atom. The quantitative estimate of drug-likeness (QED) is 0.361. The molecule has 0 spiro atoms. The number of sulfonamides is 1. The van der Waals surface area contributed by atoms with Gasteiger partial charge in [0.15, 0.2) is 0 Å². The summed E-state index contributed by atoms with van der Waals surface area (Å²) < 4.78 is 38.5. The number of anilines is 2. The number of carbonyl (C=O) groups is 2. The molecule has 0 bridgehead atoms. The molecule has 0 saturated heterocycles. The standard InChI is InChI=1S/C25H24Cl2N2O6S/c1-4-35-25(31)20-14-18(8-11-21(20)27)28-24(30)15-29(22-13-17(26)7-12-23(22)34-3)36(32,33)19-9-5-16(2)6-10-19/h5-14H,4,15H2,1-3H3,(H,28,30). The van der Waals surface area contributed by atoms with Crippen LogP contribution in [0, 0.1) is 6.92 Å². The second kappa shape index (κ2) is 11.6. The Labute approximate surface area is 219 Å². The molecule has 3 aromatic rings. The first-order valence-electron chi connectivity index (χ1n) is 10.8. The van der Waals surface area contributed by atoms with Gasteiger partial charge in [0.1, 0.15) is 12.3 Å². The summed E-state index contributed by atoms with van der Waals surface area (Å²) >= 11 is 12.2. The fourth-order valence-corrected chi connectivity index (χ4v) is 5.08. The second-order valence-electron chi connectivity index (χ2n) is 7.60. The number of rotatable bonds is 9. The van der Waals surface area contributed by atoms with Gasteiger partial charge in [-0.25, -0.2) is 13.2 Å². The number of carbonyl (C=O) groups excluding carboxylic acids is 2. The van der Waals surface area contributed by atoms with Gasteiger partial charge in [-0.2, -0.15) is 0 Å². The van der Waals surface area contributed by atoms with Gasteiger partial charge in [0.2, 0.25) is 5.91 Å². The molecule has 11 heteroatoms. The van der Waals surface area contributed by atoms with Gasteiger partial charge in [0.25, 0.3) is 10.0 Å². The first-order valence-corrected chi connectivity index (χ1v) is 13.0. The molecule has 36 heavy (non-hydrogen) atoms. The molecule has 0 heterocycles. The number of halogens is 2. The summed E-state index contributed by atoms with van der Waals surface area (Å²) in [7, 11) is -2.82. The average molecular weight is 551 g/mol. The van der Waals surface area contributed by atoms with Crippen LogP contribution in [0.25, 0.3) is 0 Å². The Morgan fingerprint density at radius 2 is 1.69 bits per heavy atom. The number of benzene rings is 3. The van der Waals surface area contributed by atoms with E-state index >= 15 is 0 Å². The second-order valence-corrected chi connectivity index (χ2v) is 10.3. The lowest BCUT2D eigenvalue weighted by molar-refractivity contribution is -0.114. The van der Waals surface area contributed by atoms with Crippen LogP contribution < -0.4 is 14.4 Å². The molecule has 0 fully saturated rings. The minimum Gasteiger partial charge on any atom is -0.495 e. The van der Waals surface area contributed by atoms with Crippen molar-refractivity contribution in [1.29, 1.82) is 0 Å². The van der Waals surface area contributed by atoms with Gasteiger partial charge < -0.3 is 14.8 Å². The van der Waals surface area contributed by atoms with Crippen LogP contribution in [0.5, 0.6) is 5.75 Å². The minimum absolute atomic E-state index is 0.0148. The van der Waals surface area contributed by atoms with Crippen LogP contribution >= 0.6 is 23.2 Å². The van der Waals surface area contributed by atoms with Crippen LogP contribution in [0.4, 0.5) is 11.4 Å². The monoisotopic (exact) mass is 550 g/mol. The molecule has 3 rings (SSSR count). The molecule has 0 aromatic heterocycles. The minimum atomic E-state index is -4.20. The Balaban J connectivity index is 1.99. The fraction of sp³-hybridized carbons (Fsp3) is 0.200. The van der Waals surface area contributed by atoms with Crippen LogP contribution in [0.15, 0.2) is 65.6 Å². The molecule has 190 valence electrons. The highest BCUT2D eigenvalue weighted by atomic mass is 35.5. The van der Waals surface area contributed by atoms with Crippen molar-refractivity contribution >= 4 is 56.5 Å². The van der Waals surface area contributed by atoms with E-state index < -0.39 is 28.4 Å². The van der Waals surface area contributed by atoms with Crippen LogP contribution in [0.2, 0.25) is 10.0 Å². The van der Waals surface area contributed by atoms with E-state index in [9.17, 15) is 18.0 Å². The smallest absolute Gasteiger partial charge is 0.339 e. The molecule has 0 aliphatic carbocycles. The first-order chi connectivity index (χ1) is 17.1. The zero-order valence-corrected chi connectivity index (χ0v) is 22.1. The number of methoxy groups -OCH3 is 1. The first kappa shape index (κ1) is 27.3. The summed E-state index contributed by atoms with van der Waals surface area (Å²) in [5.41, 5.74) is 1.26. The number of aryl methyl sites for hydroxylation is 1. The number of ether oxygens (including phenoxy) is 2. The average Bonchev–Trinajstić information content (AvgIpc) is 2.84.